The number of pyridine rings is 1. The van der Waals surface area contributed by atoms with Gasteiger partial charge in [0.15, 0.2) is 5.17 Å². The van der Waals surface area contributed by atoms with Crippen molar-refractivity contribution in [1.29, 1.82) is 0 Å². The Morgan fingerprint density at radius 3 is 2.83 bits per heavy atom. The molecule has 1 saturated heterocycles. The average molecular weight is 263 g/mol. The van der Waals surface area contributed by atoms with E-state index in [2.05, 4.69) is 36.1 Å². The van der Waals surface area contributed by atoms with Crippen LogP contribution in [0.5, 0.6) is 0 Å². The van der Waals surface area contributed by atoms with Crippen LogP contribution in [0, 0.1) is 6.92 Å². The Morgan fingerprint density at radius 1 is 1.44 bits per heavy atom. The molecule has 1 N–H and O–H groups in total. The zero-order chi connectivity index (χ0) is 13.0. The quantitative estimate of drug-likeness (QED) is 0.906. The van der Waals surface area contributed by atoms with Gasteiger partial charge in [0, 0.05) is 23.7 Å². The fourth-order valence-electron chi connectivity index (χ4n) is 2.04. The molecule has 0 amide bonds. The van der Waals surface area contributed by atoms with E-state index in [0.717, 1.165) is 30.3 Å². The van der Waals surface area contributed by atoms with Gasteiger partial charge in [0.2, 0.25) is 0 Å². The van der Waals surface area contributed by atoms with Gasteiger partial charge in [-0.05, 0) is 37.0 Å². The highest BCUT2D eigenvalue weighted by Gasteiger charge is 2.33. The summed E-state index contributed by atoms with van der Waals surface area (Å²) in [4.78, 5) is 8.83. The second-order valence-electron chi connectivity index (χ2n) is 4.82. The van der Waals surface area contributed by atoms with Crippen LogP contribution in [0.15, 0.2) is 23.5 Å². The Balaban J connectivity index is 2.02. The maximum atomic E-state index is 4.67. The Hall–Kier alpha value is -1.03. The summed E-state index contributed by atoms with van der Waals surface area (Å²) in [5.41, 5.74) is 2.72. The number of thioether (sulfide) groups is 1. The van der Waals surface area contributed by atoms with Gasteiger partial charge in [-0.25, -0.2) is 0 Å². The van der Waals surface area contributed by atoms with Crippen LogP contribution < -0.4 is 5.32 Å². The van der Waals surface area contributed by atoms with Gasteiger partial charge >= 0.3 is 0 Å². The lowest BCUT2D eigenvalue weighted by Gasteiger charge is -2.25. The van der Waals surface area contributed by atoms with Crippen LogP contribution in [-0.4, -0.2) is 21.4 Å². The largest absolute Gasteiger partial charge is 0.359 e. The van der Waals surface area contributed by atoms with Gasteiger partial charge in [-0.1, -0.05) is 25.6 Å². The molecule has 1 aliphatic rings. The first-order chi connectivity index (χ1) is 8.69. The molecule has 0 aliphatic carbocycles. The van der Waals surface area contributed by atoms with Gasteiger partial charge in [0.1, 0.15) is 0 Å². The lowest BCUT2D eigenvalue weighted by molar-refractivity contribution is 0.407. The molecule has 0 atom stereocenters. The van der Waals surface area contributed by atoms with E-state index in [1.165, 1.54) is 11.1 Å². The summed E-state index contributed by atoms with van der Waals surface area (Å²) in [5, 5.41) is 4.67. The van der Waals surface area contributed by atoms with Gasteiger partial charge in [-0.15, -0.1) is 0 Å². The summed E-state index contributed by atoms with van der Waals surface area (Å²) in [6.07, 6.45) is 6.04. The van der Waals surface area contributed by atoms with Crippen molar-refractivity contribution >= 4 is 16.9 Å². The zero-order valence-corrected chi connectivity index (χ0v) is 12.2. The lowest BCUT2D eigenvalue weighted by Crippen LogP contribution is -2.42. The van der Waals surface area contributed by atoms with Crippen LogP contribution in [0.2, 0.25) is 0 Å². The minimum Gasteiger partial charge on any atom is -0.359 e. The van der Waals surface area contributed by atoms with Crippen LogP contribution in [0.1, 0.15) is 37.8 Å². The molecule has 0 radical (unpaired) electrons. The third kappa shape index (κ3) is 2.86. The molecule has 0 unspecified atom stereocenters. The molecular weight excluding hydrogens is 242 g/mol. The van der Waals surface area contributed by atoms with Gasteiger partial charge in [0.25, 0.3) is 0 Å². The van der Waals surface area contributed by atoms with Crippen molar-refractivity contribution < 1.29 is 0 Å². The van der Waals surface area contributed by atoms with Gasteiger partial charge in [-0.3, -0.25) is 9.98 Å². The molecule has 2 rings (SSSR count). The minimum atomic E-state index is 0.257. The lowest BCUT2D eigenvalue weighted by atomic mass is 9.96. The second kappa shape index (κ2) is 5.74. The molecular formula is C14H21N3S. The molecule has 2 heterocycles. The first kappa shape index (κ1) is 13.4. The van der Waals surface area contributed by atoms with Crippen molar-refractivity contribution in [2.24, 2.45) is 4.99 Å². The third-order valence-corrected chi connectivity index (χ3v) is 4.95. The first-order valence-corrected chi connectivity index (χ1v) is 7.52. The Bertz CT molecular complexity index is 438. The first-order valence-electron chi connectivity index (χ1n) is 6.54. The molecule has 0 saturated carbocycles. The minimum absolute atomic E-state index is 0.257. The Labute approximate surface area is 113 Å². The maximum absolute atomic E-state index is 4.67. The molecule has 3 nitrogen and oxygen atoms in total. The predicted molar refractivity (Wildman–Crippen MR) is 79.0 cm³/mol. The van der Waals surface area contributed by atoms with Crippen molar-refractivity contribution in [3.8, 4) is 0 Å². The number of aromatic nitrogens is 1. The number of nitrogens with one attached hydrogen (secondary N) is 1. The normalized spacial score (nSPS) is 20.1. The summed E-state index contributed by atoms with van der Waals surface area (Å²) in [6.45, 7) is 7.31. The highest BCUT2D eigenvalue weighted by Crippen LogP contribution is 2.29. The summed E-state index contributed by atoms with van der Waals surface area (Å²) < 4.78 is 0. The van der Waals surface area contributed by atoms with Crippen LogP contribution in [-0.2, 0) is 6.54 Å². The Kier molecular flexibility index (Phi) is 4.27. The molecule has 0 aromatic carbocycles. The second-order valence-corrected chi connectivity index (χ2v) is 5.79. The third-order valence-electron chi connectivity index (χ3n) is 3.75. The van der Waals surface area contributed by atoms with E-state index in [4.69, 9.17) is 0 Å². The van der Waals surface area contributed by atoms with Gasteiger partial charge in [-0.2, -0.15) is 0 Å². The van der Waals surface area contributed by atoms with E-state index in [1.54, 1.807) is 0 Å². The molecule has 18 heavy (non-hydrogen) atoms. The van der Waals surface area contributed by atoms with E-state index >= 15 is 0 Å². The van der Waals surface area contributed by atoms with Crippen molar-refractivity contribution in [3.63, 3.8) is 0 Å². The smallest absolute Gasteiger partial charge is 0.157 e. The molecule has 4 heteroatoms. The molecule has 1 aliphatic heterocycles. The van der Waals surface area contributed by atoms with E-state index in [9.17, 15) is 0 Å². The highest BCUT2D eigenvalue weighted by molar-refractivity contribution is 8.14. The highest BCUT2D eigenvalue weighted by atomic mass is 32.2. The van der Waals surface area contributed by atoms with Gasteiger partial charge < -0.3 is 5.32 Å². The van der Waals surface area contributed by atoms with Crippen LogP contribution in [0.4, 0.5) is 0 Å². The van der Waals surface area contributed by atoms with Crippen LogP contribution >= 0.6 is 11.8 Å². The predicted octanol–water partition coefficient (Wildman–Crippen LogP) is 3.14. The maximum Gasteiger partial charge on any atom is 0.157 e. The number of hydrogen-bond acceptors (Lipinski definition) is 3. The van der Waals surface area contributed by atoms with E-state index in [-0.39, 0.29) is 5.54 Å². The van der Waals surface area contributed by atoms with Crippen molar-refractivity contribution in [2.45, 2.75) is 45.7 Å². The molecule has 0 spiro atoms. The van der Waals surface area contributed by atoms with Crippen LogP contribution in [0.25, 0.3) is 0 Å². The standard InChI is InChI=1S/C14H21N3S/c1-4-14(5-2)10-18-13(17-14)16-9-12-8-15-7-6-11(12)3/h6-8H,4-5,9-10H2,1-3H3,(H,16,17). The monoisotopic (exact) mass is 263 g/mol. The summed E-state index contributed by atoms with van der Waals surface area (Å²) in [6, 6.07) is 2.03. The SMILES string of the molecule is CCC1(CC)CSC(=NCc2cnccc2C)N1. The number of amidine groups is 1. The van der Waals surface area contributed by atoms with E-state index < -0.39 is 0 Å². The number of aliphatic imine (C=N–C) groups is 1. The van der Waals surface area contributed by atoms with E-state index in [1.807, 2.05) is 30.2 Å². The number of hydrogen-bond donors (Lipinski definition) is 1. The Morgan fingerprint density at radius 2 is 2.22 bits per heavy atom. The van der Waals surface area contributed by atoms with E-state index in [0.29, 0.717) is 0 Å². The van der Waals surface area contributed by atoms with Crippen LogP contribution in [0.3, 0.4) is 0 Å². The number of nitrogens with zero attached hydrogens (tertiary/aromatic N) is 2. The summed E-state index contributed by atoms with van der Waals surface area (Å²) >= 11 is 1.84. The van der Waals surface area contributed by atoms with Crippen molar-refractivity contribution in [2.75, 3.05) is 5.75 Å². The van der Waals surface area contributed by atoms with Gasteiger partial charge in [0.05, 0.1) is 6.54 Å². The summed E-state index contributed by atoms with van der Waals surface area (Å²) in [5.74, 6) is 1.13. The fraction of sp³-hybridized carbons (Fsp3) is 0.571. The fourth-order valence-corrected chi connectivity index (χ4v) is 3.38. The number of rotatable bonds is 4. The average Bonchev–Trinajstić information content (AvgIpc) is 2.82. The topological polar surface area (TPSA) is 37.3 Å². The molecule has 1 aromatic heterocycles. The molecule has 1 aromatic rings. The van der Waals surface area contributed by atoms with Crippen molar-refractivity contribution in [1.82, 2.24) is 10.3 Å². The summed E-state index contributed by atoms with van der Waals surface area (Å²) in [7, 11) is 0. The van der Waals surface area contributed by atoms with Crippen molar-refractivity contribution in [3.05, 3.63) is 29.6 Å². The molecule has 0 bridgehead atoms. The number of aryl methyl sites for hydroxylation is 1. The molecule has 98 valence electrons. The molecule has 1 fully saturated rings. The zero-order valence-electron chi connectivity index (χ0n) is 11.4.